The second-order valence-corrected chi connectivity index (χ2v) is 15.7. The third kappa shape index (κ3) is 5.40. The Labute approximate surface area is 332 Å². The molecule has 10 aromatic rings. The Morgan fingerprint density at radius 2 is 0.842 bits per heavy atom. The predicted octanol–water partition coefficient (Wildman–Crippen LogP) is 14.6. The average molecular weight is 727 g/mol. The number of fused-ring (bicyclic) bond motifs is 6. The smallest absolute Gasteiger partial charge is 0.161 e. The highest BCUT2D eigenvalue weighted by atomic mass is 14.9. The molecule has 268 valence electrons. The molecule has 0 atom stereocenters. The van der Waals surface area contributed by atoms with Crippen molar-refractivity contribution in [1.29, 1.82) is 0 Å². The van der Waals surface area contributed by atoms with Gasteiger partial charge in [0.05, 0.1) is 11.4 Å². The van der Waals surface area contributed by atoms with Crippen molar-refractivity contribution in [3.05, 3.63) is 205 Å². The molecule has 0 saturated carbocycles. The van der Waals surface area contributed by atoms with E-state index in [1.807, 2.05) is 6.07 Å². The minimum atomic E-state index is -0.170. The van der Waals surface area contributed by atoms with Gasteiger partial charge in [-0.1, -0.05) is 184 Å². The summed E-state index contributed by atoms with van der Waals surface area (Å²) in [7, 11) is 0. The van der Waals surface area contributed by atoms with Crippen LogP contribution in [0.5, 0.6) is 0 Å². The van der Waals surface area contributed by atoms with Crippen LogP contribution in [-0.2, 0) is 5.41 Å². The van der Waals surface area contributed by atoms with Crippen molar-refractivity contribution in [3.8, 4) is 67.3 Å². The molecule has 0 radical (unpaired) electrons. The Morgan fingerprint density at radius 1 is 0.333 bits per heavy atom. The number of nitrogens with zero attached hydrogens (tertiary/aromatic N) is 2. The van der Waals surface area contributed by atoms with E-state index in [0.29, 0.717) is 5.82 Å². The topological polar surface area (TPSA) is 25.8 Å². The Bertz CT molecular complexity index is 3190. The monoisotopic (exact) mass is 726 g/mol. The minimum absolute atomic E-state index is 0.170. The zero-order valence-electron chi connectivity index (χ0n) is 31.9. The van der Waals surface area contributed by atoms with Crippen molar-refractivity contribution >= 4 is 32.3 Å². The van der Waals surface area contributed by atoms with Crippen LogP contribution < -0.4 is 0 Å². The minimum Gasteiger partial charge on any atom is -0.228 e. The van der Waals surface area contributed by atoms with Crippen molar-refractivity contribution < 1.29 is 0 Å². The van der Waals surface area contributed by atoms with Crippen LogP contribution in [0.15, 0.2) is 194 Å². The van der Waals surface area contributed by atoms with Crippen LogP contribution >= 0.6 is 0 Å². The van der Waals surface area contributed by atoms with Crippen LogP contribution in [0.1, 0.15) is 25.0 Å². The van der Waals surface area contributed by atoms with E-state index >= 15 is 0 Å². The second kappa shape index (κ2) is 13.0. The zero-order chi connectivity index (χ0) is 38.1. The molecule has 57 heavy (non-hydrogen) atoms. The average Bonchev–Trinajstić information content (AvgIpc) is 3.50. The van der Waals surface area contributed by atoms with E-state index in [1.54, 1.807) is 0 Å². The van der Waals surface area contributed by atoms with Gasteiger partial charge in [-0.25, -0.2) is 9.97 Å². The van der Waals surface area contributed by atoms with E-state index in [4.69, 9.17) is 9.97 Å². The maximum atomic E-state index is 5.33. The van der Waals surface area contributed by atoms with Gasteiger partial charge in [0.2, 0.25) is 0 Å². The lowest BCUT2D eigenvalue weighted by atomic mass is 9.78. The summed E-state index contributed by atoms with van der Waals surface area (Å²) in [6.07, 6.45) is 0. The summed E-state index contributed by atoms with van der Waals surface area (Å²) in [5, 5.41) is 7.37. The van der Waals surface area contributed by atoms with Crippen molar-refractivity contribution in [1.82, 2.24) is 9.97 Å². The van der Waals surface area contributed by atoms with Crippen molar-refractivity contribution in [2.75, 3.05) is 0 Å². The molecular formula is C55H38N2. The van der Waals surface area contributed by atoms with Gasteiger partial charge in [0, 0.05) is 22.1 Å². The fourth-order valence-corrected chi connectivity index (χ4v) is 9.29. The number of hydrogen-bond donors (Lipinski definition) is 0. The molecule has 11 rings (SSSR count). The molecule has 1 heterocycles. The standard InChI is InChI=1S/C55H38N2/c1-55(2)50-33-40-18-7-6-17-39(40)32-49(50)47-25-13-24-46(53(47)55)45-30-31-48(44-22-11-10-21-43(44)45)54-56-51(37-15-4-3-5-16-37)34-52(57-54)38-28-26-36(27-29-38)42-23-12-19-35-14-8-9-20-41(35)42/h3-34H,1-2H3. The summed E-state index contributed by atoms with van der Waals surface area (Å²) < 4.78 is 0. The van der Waals surface area contributed by atoms with Crippen LogP contribution in [0.4, 0.5) is 0 Å². The lowest BCUT2D eigenvalue weighted by Crippen LogP contribution is -2.16. The first-order valence-corrected chi connectivity index (χ1v) is 19.7. The van der Waals surface area contributed by atoms with Crippen molar-refractivity contribution in [2.45, 2.75) is 19.3 Å². The molecule has 1 aliphatic rings. The van der Waals surface area contributed by atoms with Gasteiger partial charge in [-0.15, -0.1) is 0 Å². The lowest BCUT2D eigenvalue weighted by molar-refractivity contribution is 0.663. The second-order valence-electron chi connectivity index (χ2n) is 15.7. The molecule has 0 amide bonds. The van der Waals surface area contributed by atoms with Gasteiger partial charge < -0.3 is 0 Å². The van der Waals surface area contributed by atoms with E-state index in [-0.39, 0.29) is 5.41 Å². The van der Waals surface area contributed by atoms with Gasteiger partial charge >= 0.3 is 0 Å². The van der Waals surface area contributed by atoms with E-state index < -0.39 is 0 Å². The van der Waals surface area contributed by atoms with E-state index in [9.17, 15) is 0 Å². The molecule has 0 N–H and O–H groups in total. The molecule has 9 aromatic carbocycles. The van der Waals surface area contributed by atoms with Gasteiger partial charge in [0.15, 0.2) is 5.82 Å². The Kier molecular flexibility index (Phi) is 7.55. The number of benzene rings is 9. The van der Waals surface area contributed by atoms with Crippen LogP contribution in [0.25, 0.3) is 99.6 Å². The van der Waals surface area contributed by atoms with Gasteiger partial charge in [0.25, 0.3) is 0 Å². The largest absolute Gasteiger partial charge is 0.228 e. The van der Waals surface area contributed by atoms with Gasteiger partial charge in [-0.3, -0.25) is 0 Å². The number of aromatic nitrogens is 2. The molecule has 0 bridgehead atoms. The fourth-order valence-electron chi connectivity index (χ4n) is 9.29. The molecule has 0 spiro atoms. The normalized spacial score (nSPS) is 12.9. The first-order chi connectivity index (χ1) is 28.0. The molecule has 1 aromatic heterocycles. The SMILES string of the molecule is CC1(C)c2cc3ccccc3cc2-c2cccc(-c3ccc(-c4nc(-c5ccccc5)cc(-c5ccc(-c6cccc7ccccc67)cc5)n4)c4ccccc34)c21. The van der Waals surface area contributed by atoms with Crippen molar-refractivity contribution in [2.24, 2.45) is 0 Å². The van der Waals surface area contributed by atoms with Crippen LogP contribution in [0, 0.1) is 0 Å². The van der Waals surface area contributed by atoms with Crippen LogP contribution in [0.3, 0.4) is 0 Å². The summed E-state index contributed by atoms with van der Waals surface area (Å²) in [5.41, 5.74) is 15.1. The Balaban J connectivity index is 1.06. The van der Waals surface area contributed by atoms with E-state index in [1.165, 1.54) is 71.4 Å². The number of rotatable bonds is 5. The highest BCUT2D eigenvalue weighted by Crippen LogP contribution is 2.54. The summed E-state index contributed by atoms with van der Waals surface area (Å²) in [5.74, 6) is 0.713. The first kappa shape index (κ1) is 33.2. The highest BCUT2D eigenvalue weighted by Gasteiger charge is 2.38. The maximum absolute atomic E-state index is 5.33. The predicted molar refractivity (Wildman–Crippen MR) is 239 cm³/mol. The van der Waals surface area contributed by atoms with Gasteiger partial charge in [0.1, 0.15) is 0 Å². The summed E-state index contributed by atoms with van der Waals surface area (Å²) in [4.78, 5) is 10.6. The summed E-state index contributed by atoms with van der Waals surface area (Å²) in [6, 6.07) is 70.1. The summed E-state index contributed by atoms with van der Waals surface area (Å²) in [6.45, 7) is 4.76. The third-order valence-electron chi connectivity index (χ3n) is 12.1. The number of hydrogen-bond acceptors (Lipinski definition) is 2. The third-order valence-corrected chi connectivity index (χ3v) is 12.1. The quantitative estimate of drug-likeness (QED) is 0.176. The van der Waals surface area contributed by atoms with E-state index in [2.05, 4.69) is 202 Å². The van der Waals surface area contributed by atoms with Gasteiger partial charge in [-0.05, 0) is 101 Å². The lowest BCUT2D eigenvalue weighted by Gasteiger charge is -2.25. The van der Waals surface area contributed by atoms with Crippen LogP contribution in [-0.4, -0.2) is 9.97 Å². The molecule has 0 aliphatic heterocycles. The molecule has 0 fully saturated rings. The fraction of sp³-hybridized carbons (Fsp3) is 0.0545. The van der Waals surface area contributed by atoms with Crippen molar-refractivity contribution in [3.63, 3.8) is 0 Å². The molecular weight excluding hydrogens is 689 g/mol. The zero-order valence-corrected chi connectivity index (χ0v) is 31.9. The molecule has 1 aliphatic carbocycles. The highest BCUT2D eigenvalue weighted by molar-refractivity contribution is 6.06. The Hall–Kier alpha value is -7.16. The molecule has 0 saturated heterocycles. The summed E-state index contributed by atoms with van der Waals surface area (Å²) >= 11 is 0. The Morgan fingerprint density at radius 3 is 1.58 bits per heavy atom. The van der Waals surface area contributed by atoms with Gasteiger partial charge in [-0.2, -0.15) is 0 Å². The first-order valence-electron chi connectivity index (χ1n) is 19.7. The molecule has 2 heteroatoms. The molecule has 2 nitrogen and oxygen atoms in total. The maximum Gasteiger partial charge on any atom is 0.161 e. The van der Waals surface area contributed by atoms with Crippen LogP contribution in [0.2, 0.25) is 0 Å². The van der Waals surface area contributed by atoms with E-state index in [0.717, 1.165) is 33.5 Å². The molecule has 0 unspecified atom stereocenters.